The highest BCUT2D eigenvalue weighted by Gasteiger charge is 2.07. The number of hydrogen-bond acceptors (Lipinski definition) is 3. The number of aliphatic hydroxyl groups is 1. The molecule has 0 aliphatic carbocycles. The first kappa shape index (κ1) is 10.1. The van der Waals surface area contributed by atoms with Crippen molar-refractivity contribution in [2.24, 2.45) is 0 Å². The summed E-state index contributed by atoms with van der Waals surface area (Å²) in [5, 5.41) is 9.83. The quantitative estimate of drug-likeness (QED) is 0.831. The lowest BCUT2D eigenvalue weighted by Crippen LogP contribution is -1.97. The smallest absolute Gasteiger partial charge is 0.0890 e. The molecule has 0 aliphatic heterocycles. The van der Waals surface area contributed by atoms with Crippen molar-refractivity contribution >= 4 is 11.0 Å². The van der Waals surface area contributed by atoms with E-state index in [2.05, 4.69) is 16.9 Å². The molecule has 1 aromatic carbocycles. The molecule has 2 aromatic rings. The van der Waals surface area contributed by atoms with Crippen molar-refractivity contribution in [3.63, 3.8) is 0 Å². The van der Waals surface area contributed by atoms with E-state index in [-0.39, 0.29) is 6.10 Å². The topological polar surface area (TPSA) is 46.0 Å². The van der Waals surface area contributed by atoms with Gasteiger partial charge in [0.15, 0.2) is 0 Å². The van der Waals surface area contributed by atoms with Crippen molar-refractivity contribution in [3.05, 3.63) is 36.2 Å². The minimum Gasteiger partial charge on any atom is -0.388 e. The van der Waals surface area contributed by atoms with Gasteiger partial charge in [0.25, 0.3) is 0 Å². The number of fused-ring (bicyclic) bond motifs is 1. The van der Waals surface area contributed by atoms with Crippen molar-refractivity contribution in [3.8, 4) is 0 Å². The number of nitrogens with zero attached hydrogens (tertiary/aromatic N) is 2. The second-order valence-corrected chi connectivity index (χ2v) is 3.61. The number of aliphatic hydroxyl groups excluding tert-OH is 1. The third-order valence-electron chi connectivity index (χ3n) is 2.44. The van der Waals surface area contributed by atoms with Crippen LogP contribution in [0.3, 0.4) is 0 Å². The van der Waals surface area contributed by atoms with Gasteiger partial charge in [0, 0.05) is 12.4 Å². The van der Waals surface area contributed by atoms with Crippen LogP contribution in [0.1, 0.15) is 31.4 Å². The second-order valence-electron chi connectivity index (χ2n) is 3.61. The van der Waals surface area contributed by atoms with Gasteiger partial charge in [0.2, 0.25) is 0 Å². The van der Waals surface area contributed by atoms with Crippen LogP contribution in [0, 0.1) is 0 Å². The van der Waals surface area contributed by atoms with E-state index in [1.54, 1.807) is 12.4 Å². The molecule has 1 aromatic heterocycles. The van der Waals surface area contributed by atoms with Crippen LogP contribution < -0.4 is 0 Å². The summed E-state index contributed by atoms with van der Waals surface area (Å²) in [6.07, 6.45) is 4.70. The molecular weight excluding hydrogens is 188 g/mol. The van der Waals surface area contributed by atoms with Gasteiger partial charge in [-0.3, -0.25) is 9.97 Å². The molecule has 1 atom stereocenters. The van der Waals surface area contributed by atoms with E-state index in [1.165, 1.54) is 0 Å². The molecule has 1 heterocycles. The summed E-state index contributed by atoms with van der Waals surface area (Å²) >= 11 is 0. The summed E-state index contributed by atoms with van der Waals surface area (Å²) in [4.78, 5) is 8.39. The zero-order valence-electron chi connectivity index (χ0n) is 8.72. The molecule has 0 saturated heterocycles. The maximum Gasteiger partial charge on any atom is 0.0890 e. The molecule has 0 aliphatic rings. The Labute approximate surface area is 88.8 Å². The Hall–Kier alpha value is -1.48. The minimum absolute atomic E-state index is 0.388. The molecule has 0 bridgehead atoms. The van der Waals surface area contributed by atoms with Gasteiger partial charge in [-0.05, 0) is 24.1 Å². The highest BCUT2D eigenvalue weighted by atomic mass is 16.3. The van der Waals surface area contributed by atoms with Crippen LogP contribution in [0.4, 0.5) is 0 Å². The predicted molar refractivity (Wildman–Crippen MR) is 59.4 cm³/mol. The first-order valence-electron chi connectivity index (χ1n) is 5.20. The fraction of sp³-hybridized carbons (Fsp3) is 0.333. The molecule has 0 saturated carbocycles. The Kier molecular flexibility index (Phi) is 2.92. The normalized spacial score (nSPS) is 12.9. The van der Waals surface area contributed by atoms with E-state index in [4.69, 9.17) is 0 Å². The highest BCUT2D eigenvalue weighted by Crippen LogP contribution is 2.20. The fourth-order valence-electron chi connectivity index (χ4n) is 1.63. The maximum absolute atomic E-state index is 9.83. The summed E-state index contributed by atoms with van der Waals surface area (Å²) in [6.45, 7) is 2.06. The van der Waals surface area contributed by atoms with Crippen molar-refractivity contribution in [1.82, 2.24) is 9.97 Å². The molecule has 3 heteroatoms. The summed E-state index contributed by atoms with van der Waals surface area (Å²) in [6, 6.07) is 5.72. The Morgan fingerprint density at radius 1 is 1.20 bits per heavy atom. The van der Waals surface area contributed by atoms with Gasteiger partial charge in [-0.2, -0.15) is 0 Å². The van der Waals surface area contributed by atoms with Crippen LogP contribution in [0.2, 0.25) is 0 Å². The van der Waals surface area contributed by atoms with E-state index in [0.717, 1.165) is 29.4 Å². The third kappa shape index (κ3) is 2.13. The minimum atomic E-state index is -0.388. The number of aromatic nitrogens is 2. The summed E-state index contributed by atoms with van der Waals surface area (Å²) < 4.78 is 0. The molecule has 0 unspecified atom stereocenters. The molecule has 0 amide bonds. The average Bonchev–Trinajstić information content (AvgIpc) is 2.29. The van der Waals surface area contributed by atoms with E-state index in [1.807, 2.05) is 18.2 Å². The second kappa shape index (κ2) is 4.36. The molecule has 1 N–H and O–H groups in total. The lowest BCUT2D eigenvalue weighted by Gasteiger charge is -2.09. The average molecular weight is 202 g/mol. The molecule has 2 rings (SSSR count). The predicted octanol–water partition coefficient (Wildman–Crippen LogP) is 2.46. The van der Waals surface area contributed by atoms with E-state index >= 15 is 0 Å². The van der Waals surface area contributed by atoms with Crippen LogP contribution in [-0.2, 0) is 0 Å². The van der Waals surface area contributed by atoms with Crippen LogP contribution in [0.15, 0.2) is 30.6 Å². The summed E-state index contributed by atoms with van der Waals surface area (Å²) in [5.74, 6) is 0. The van der Waals surface area contributed by atoms with Crippen molar-refractivity contribution < 1.29 is 5.11 Å². The number of benzene rings is 1. The SMILES string of the molecule is CCC[C@@H](O)c1ccc2nccnc2c1. The molecule has 15 heavy (non-hydrogen) atoms. The Bertz CT molecular complexity index is 456. The van der Waals surface area contributed by atoms with E-state index in [0.29, 0.717) is 0 Å². The summed E-state index contributed by atoms with van der Waals surface area (Å²) in [7, 11) is 0. The largest absolute Gasteiger partial charge is 0.388 e. The van der Waals surface area contributed by atoms with Crippen LogP contribution in [0.5, 0.6) is 0 Å². The van der Waals surface area contributed by atoms with Crippen molar-refractivity contribution in [2.75, 3.05) is 0 Å². The Morgan fingerprint density at radius 2 is 1.93 bits per heavy atom. The van der Waals surface area contributed by atoms with E-state index in [9.17, 15) is 5.11 Å². The number of hydrogen-bond donors (Lipinski definition) is 1. The molecule has 3 nitrogen and oxygen atoms in total. The Balaban J connectivity index is 2.38. The lowest BCUT2D eigenvalue weighted by molar-refractivity contribution is 0.166. The maximum atomic E-state index is 9.83. The first-order valence-corrected chi connectivity index (χ1v) is 5.20. The summed E-state index contributed by atoms with van der Waals surface area (Å²) in [5.41, 5.74) is 2.62. The van der Waals surface area contributed by atoms with Gasteiger partial charge in [0.1, 0.15) is 0 Å². The molecule has 0 spiro atoms. The monoisotopic (exact) mass is 202 g/mol. The van der Waals surface area contributed by atoms with Gasteiger partial charge in [-0.15, -0.1) is 0 Å². The molecular formula is C12H14N2O. The van der Waals surface area contributed by atoms with Crippen molar-refractivity contribution in [1.29, 1.82) is 0 Å². The van der Waals surface area contributed by atoms with Gasteiger partial charge in [-0.1, -0.05) is 19.4 Å². The van der Waals surface area contributed by atoms with Gasteiger partial charge < -0.3 is 5.11 Å². The zero-order chi connectivity index (χ0) is 10.7. The standard InChI is InChI=1S/C12H14N2O/c1-2-3-12(15)9-4-5-10-11(8-9)14-7-6-13-10/h4-8,12,15H,2-3H2,1H3/t12-/m1/s1. The lowest BCUT2D eigenvalue weighted by atomic mass is 10.0. The van der Waals surface area contributed by atoms with Crippen LogP contribution in [-0.4, -0.2) is 15.1 Å². The molecule has 0 radical (unpaired) electrons. The van der Waals surface area contributed by atoms with Gasteiger partial charge in [0.05, 0.1) is 17.1 Å². The van der Waals surface area contributed by atoms with E-state index < -0.39 is 0 Å². The fourth-order valence-corrected chi connectivity index (χ4v) is 1.63. The van der Waals surface area contributed by atoms with Crippen LogP contribution in [0.25, 0.3) is 11.0 Å². The van der Waals surface area contributed by atoms with Gasteiger partial charge >= 0.3 is 0 Å². The highest BCUT2D eigenvalue weighted by molar-refractivity contribution is 5.74. The first-order chi connectivity index (χ1) is 7.31. The third-order valence-corrected chi connectivity index (χ3v) is 2.44. The molecule has 0 fully saturated rings. The number of rotatable bonds is 3. The van der Waals surface area contributed by atoms with Gasteiger partial charge in [-0.25, -0.2) is 0 Å². The Morgan fingerprint density at radius 3 is 2.67 bits per heavy atom. The molecule has 78 valence electrons. The zero-order valence-corrected chi connectivity index (χ0v) is 8.72. The van der Waals surface area contributed by atoms with Crippen LogP contribution >= 0.6 is 0 Å². The van der Waals surface area contributed by atoms with Crippen molar-refractivity contribution in [2.45, 2.75) is 25.9 Å².